The number of fused-ring (bicyclic) bond motifs is 2. The molecule has 2 aromatic rings. The number of para-hydroxylation sites is 1. The van der Waals surface area contributed by atoms with Gasteiger partial charge in [0, 0.05) is 24.4 Å². The molecule has 0 aliphatic carbocycles. The number of ether oxygens (including phenoxy) is 1. The van der Waals surface area contributed by atoms with Crippen molar-refractivity contribution in [2.75, 3.05) is 11.9 Å². The molecule has 1 spiro atoms. The van der Waals surface area contributed by atoms with Crippen LogP contribution < -0.4 is 9.64 Å². The third-order valence-electron chi connectivity index (χ3n) is 6.67. The first kappa shape index (κ1) is 22.4. The number of allylic oxidation sites excluding steroid dienone is 7. The van der Waals surface area contributed by atoms with Crippen LogP contribution in [-0.4, -0.2) is 12.8 Å². The molecular formula is C30H30N2O. The molecule has 0 aromatic heterocycles. The van der Waals surface area contributed by atoms with E-state index < -0.39 is 5.72 Å². The Morgan fingerprint density at radius 3 is 2.61 bits per heavy atom. The molecule has 2 aliphatic heterocycles. The molecule has 0 bridgehead atoms. The van der Waals surface area contributed by atoms with Gasteiger partial charge in [0.25, 0.3) is 0 Å². The Morgan fingerprint density at radius 2 is 1.85 bits per heavy atom. The molecule has 3 heteroatoms. The minimum atomic E-state index is -0.551. The van der Waals surface area contributed by atoms with Gasteiger partial charge in [-0.1, -0.05) is 60.2 Å². The fraction of sp³-hybridized carbons (Fsp3) is 0.233. The maximum atomic E-state index is 8.68. The van der Waals surface area contributed by atoms with Crippen molar-refractivity contribution in [1.29, 1.82) is 5.26 Å². The number of rotatable bonds is 4. The van der Waals surface area contributed by atoms with Gasteiger partial charge in [0.15, 0.2) is 0 Å². The minimum Gasteiger partial charge on any atom is -0.463 e. The molecule has 2 aromatic carbocycles. The molecule has 2 heterocycles. The Balaban J connectivity index is 1.55. The summed E-state index contributed by atoms with van der Waals surface area (Å²) in [5.74, 6) is 0.900. The number of nitriles is 1. The van der Waals surface area contributed by atoms with Crippen LogP contribution in [-0.2, 0) is 5.41 Å². The van der Waals surface area contributed by atoms with Gasteiger partial charge in [-0.3, -0.25) is 0 Å². The summed E-state index contributed by atoms with van der Waals surface area (Å²) in [6.07, 6.45) is 16.1. The van der Waals surface area contributed by atoms with Gasteiger partial charge in [-0.2, -0.15) is 5.26 Å². The maximum absolute atomic E-state index is 8.68. The summed E-state index contributed by atoms with van der Waals surface area (Å²) in [6, 6.07) is 16.9. The fourth-order valence-corrected chi connectivity index (χ4v) is 4.68. The predicted molar refractivity (Wildman–Crippen MR) is 138 cm³/mol. The van der Waals surface area contributed by atoms with Gasteiger partial charge >= 0.3 is 0 Å². The van der Waals surface area contributed by atoms with E-state index in [9.17, 15) is 0 Å². The topological polar surface area (TPSA) is 36.3 Å². The molecule has 0 N–H and O–H groups in total. The Bertz CT molecular complexity index is 1270. The number of hydrogen-bond donors (Lipinski definition) is 0. The van der Waals surface area contributed by atoms with Gasteiger partial charge in [-0.05, 0) is 74.7 Å². The lowest BCUT2D eigenvalue weighted by atomic mass is 9.76. The van der Waals surface area contributed by atoms with Crippen molar-refractivity contribution in [2.24, 2.45) is 0 Å². The molecule has 0 radical (unpaired) electrons. The molecule has 2 aliphatic rings. The zero-order valence-electron chi connectivity index (χ0n) is 20.0. The van der Waals surface area contributed by atoms with Crippen LogP contribution in [0.3, 0.4) is 0 Å². The lowest BCUT2D eigenvalue weighted by molar-refractivity contribution is 0.0582. The van der Waals surface area contributed by atoms with Crippen LogP contribution in [0.25, 0.3) is 12.2 Å². The van der Waals surface area contributed by atoms with Crippen LogP contribution in [0.15, 0.2) is 90.1 Å². The fourth-order valence-electron chi connectivity index (χ4n) is 4.68. The zero-order valence-corrected chi connectivity index (χ0v) is 20.0. The van der Waals surface area contributed by atoms with Crippen LogP contribution in [0.2, 0.25) is 0 Å². The molecule has 0 saturated carbocycles. The highest BCUT2D eigenvalue weighted by molar-refractivity contribution is 5.73. The molecule has 0 amide bonds. The van der Waals surface area contributed by atoms with Gasteiger partial charge in [-0.25, -0.2) is 0 Å². The highest BCUT2D eigenvalue weighted by Crippen LogP contribution is 2.54. The van der Waals surface area contributed by atoms with E-state index in [4.69, 9.17) is 10.00 Å². The Labute approximate surface area is 197 Å². The minimum absolute atomic E-state index is 0.193. The van der Waals surface area contributed by atoms with E-state index in [1.807, 2.05) is 31.2 Å². The maximum Gasteiger partial charge on any atom is 0.211 e. The Morgan fingerprint density at radius 1 is 1.06 bits per heavy atom. The average Bonchev–Trinajstić information content (AvgIpc) is 2.96. The molecule has 0 saturated heterocycles. The van der Waals surface area contributed by atoms with Crippen molar-refractivity contribution in [1.82, 2.24) is 0 Å². The van der Waals surface area contributed by atoms with E-state index in [2.05, 4.69) is 99.5 Å². The van der Waals surface area contributed by atoms with E-state index in [0.717, 1.165) is 28.0 Å². The van der Waals surface area contributed by atoms with Crippen molar-refractivity contribution < 1.29 is 4.74 Å². The van der Waals surface area contributed by atoms with Crippen molar-refractivity contribution in [3.05, 3.63) is 107 Å². The first-order chi connectivity index (χ1) is 15.8. The van der Waals surface area contributed by atoms with E-state index in [1.165, 1.54) is 17.3 Å². The molecule has 4 rings (SSSR count). The van der Waals surface area contributed by atoms with Gasteiger partial charge in [0.1, 0.15) is 5.75 Å². The number of anilines is 1. The first-order valence-corrected chi connectivity index (χ1v) is 11.2. The normalized spacial score (nSPS) is 21.4. The standard InChI is InChI=1S/C30H30N2O/c1-22(9-8-10-23(2)18-20-31)13-14-24-15-16-28-25(21-24)17-19-30(33-28)29(3,4)26-11-6-7-12-27(26)32(30)5/h6-19,21H,1-5H3/b10-8+,14-13+,22-9+,23-18+. The second-order valence-corrected chi connectivity index (χ2v) is 9.25. The monoisotopic (exact) mass is 434 g/mol. The Hall–Kier alpha value is -3.77. The van der Waals surface area contributed by atoms with E-state index in [-0.39, 0.29) is 5.41 Å². The van der Waals surface area contributed by atoms with Crippen molar-refractivity contribution in [3.63, 3.8) is 0 Å². The number of benzene rings is 2. The van der Waals surface area contributed by atoms with Crippen LogP contribution in [0.1, 0.15) is 44.4 Å². The largest absolute Gasteiger partial charge is 0.463 e. The van der Waals surface area contributed by atoms with Crippen LogP contribution in [0.5, 0.6) is 5.75 Å². The highest BCUT2D eigenvalue weighted by Gasteiger charge is 2.57. The molecule has 166 valence electrons. The molecular weight excluding hydrogens is 404 g/mol. The lowest BCUT2D eigenvalue weighted by Gasteiger charge is -2.45. The second kappa shape index (κ2) is 8.64. The SMILES string of the molecule is CC(/C=C/C=C(C)/C=C/c1ccc2c(c1)C=CC1(O2)N(C)c2ccccc2C1(C)C)=C\C#N. The van der Waals surface area contributed by atoms with E-state index in [1.54, 1.807) is 0 Å². The smallest absolute Gasteiger partial charge is 0.211 e. The van der Waals surface area contributed by atoms with E-state index in [0.29, 0.717) is 0 Å². The summed E-state index contributed by atoms with van der Waals surface area (Å²) in [5, 5.41) is 8.68. The molecule has 0 fully saturated rings. The van der Waals surface area contributed by atoms with Crippen LogP contribution in [0, 0.1) is 11.3 Å². The quantitative estimate of drug-likeness (QED) is 0.377. The second-order valence-electron chi connectivity index (χ2n) is 9.25. The van der Waals surface area contributed by atoms with Gasteiger partial charge in [0.2, 0.25) is 5.72 Å². The van der Waals surface area contributed by atoms with Gasteiger partial charge in [0.05, 0.1) is 11.5 Å². The molecule has 1 atom stereocenters. The van der Waals surface area contributed by atoms with Crippen molar-refractivity contribution >= 4 is 17.8 Å². The third kappa shape index (κ3) is 3.94. The lowest BCUT2D eigenvalue weighted by Crippen LogP contribution is -2.58. The Kier molecular flexibility index (Phi) is 5.87. The van der Waals surface area contributed by atoms with Crippen molar-refractivity contribution in [2.45, 2.75) is 38.8 Å². The molecule has 1 unspecified atom stereocenters. The number of nitrogens with zero attached hydrogens (tertiary/aromatic N) is 2. The summed E-state index contributed by atoms with van der Waals surface area (Å²) in [6.45, 7) is 8.48. The summed E-state index contributed by atoms with van der Waals surface area (Å²) in [4.78, 5) is 2.25. The predicted octanol–water partition coefficient (Wildman–Crippen LogP) is 7.20. The van der Waals surface area contributed by atoms with Gasteiger partial charge < -0.3 is 9.64 Å². The van der Waals surface area contributed by atoms with Crippen LogP contribution in [0.4, 0.5) is 5.69 Å². The van der Waals surface area contributed by atoms with Crippen LogP contribution >= 0.6 is 0 Å². The van der Waals surface area contributed by atoms with E-state index >= 15 is 0 Å². The summed E-state index contributed by atoms with van der Waals surface area (Å²) in [7, 11) is 2.11. The summed E-state index contributed by atoms with van der Waals surface area (Å²) >= 11 is 0. The summed E-state index contributed by atoms with van der Waals surface area (Å²) in [5.41, 5.74) is 6.04. The third-order valence-corrected chi connectivity index (χ3v) is 6.67. The van der Waals surface area contributed by atoms with Gasteiger partial charge in [-0.15, -0.1) is 0 Å². The first-order valence-electron chi connectivity index (χ1n) is 11.2. The number of hydrogen-bond acceptors (Lipinski definition) is 3. The summed E-state index contributed by atoms with van der Waals surface area (Å²) < 4.78 is 6.73. The highest BCUT2D eigenvalue weighted by atomic mass is 16.5. The number of likely N-dealkylation sites (N-methyl/N-ethyl adjacent to an activating group) is 1. The molecule has 33 heavy (non-hydrogen) atoms. The molecule has 3 nitrogen and oxygen atoms in total. The van der Waals surface area contributed by atoms with Crippen molar-refractivity contribution in [3.8, 4) is 11.8 Å². The average molecular weight is 435 g/mol. The zero-order chi connectivity index (χ0) is 23.6.